The van der Waals surface area contributed by atoms with E-state index in [1.165, 1.54) is 12.1 Å². The van der Waals surface area contributed by atoms with Gasteiger partial charge < -0.3 is 20.2 Å². The lowest BCUT2D eigenvalue weighted by atomic mass is 9.93. The summed E-state index contributed by atoms with van der Waals surface area (Å²) in [6.07, 6.45) is 9.27. The molecule has 0 radical (unpaired) electrons. The van der Waals surface area contributed by atoms with Crippen LogP contribution in [-0.4, -0.2) is 81.0 Å². The summed E-state index contributed by atoms with van der Waals surface area (Å²) in [5.74, 6) is 0.252. The van der Waals surface area contributed by atoms with E-state index in [4.69, 9.17) is 21.3 Å². The zero-order valence-electron chi connectivity index (χ0n) is 25.0. The first-order valence-corrected chi connectivity index (χ1v) is 16.4. The zero-order valence-corrected chi connectivity index (χ0v) is 25.8. The molecule has 8 bridgehead atoms. The van der Waals surface area contributed by atoms with Crippen LogP contribution in [0.4, 0.5) is 14.6 Å². The van der Waals surface area contributed by atoms with Gasteiger partial charge >= 0.3 is 6.01 Å². The molecule has 45 heavy (non-hydrogen) atoms. The Bertz CT molecular complexity index is 1680. The highest BCUT2D eigenvalue weighted by Crippen LogP contribution is 2.42. The number of hydrogen-bond acceptors (Lipinski definition) is 10. The number of halogens is 3. The number of allylic oxidation sites excluding steroid dienone is 1. The molecule has 3 atom stereocenters. The number of aromatic hydroxyl groups is 1. The molecule has 1 aromatic carbocycles. The number of fused-ring (bicyclic) bond motifs is 4. The lowest BCUT2D eigenvalue weighted by molar-refractivity contribution is 0.107. The first kappa shape index (κ1) is 29.0. The number of anilines is 1. The van der Waals surface area contributed by atoms with Crippen molar-refractivity contribution in [3.63, 3.8) is 0 Å². The number of benzene rings is 1. The number of ether oxygens (including phenoxy) is 1. The molecule has 0 aliphatic carbocycles. The van der Waals surface area contributed by atoms with Crippen LogP contribution in [0.25, 0.3) is 22.2 Å². The number of nitrogens with zero attached hydrogens (tertiary/aromatic N) is 6. The molecule has 238 valence electrons. The van der Waals surface area contributed by atoms with Crippen LogP contribution in [0, 0.1) is 11.7 Å². The topological polar surface area (TPSA) is 102 Å². The molecule has 6 aliphatic rings. The maximum Gasteiger partial charge on any atom is 0.319 e. The molecule has 3 N–H and O–H groups in total. The number of pyridine rings is 1. The SMILES string of the molecule is Oc1cc(Cl)c2c(c1)-c1ncc3c(nc(OC[C@@]45CCCN4C[C@H](F)C5)nc3c1F)N1CCCC(CC3=CN(CCC2)NN3)C1. The van der Waals surface area contributed by atoms with Crippen LogP contribution in [0.1, 0.15) is 50.5 Å². The van der Waals surface area contributed by atoms with E-state index in [-0.39, 0.29) is 35.1 Å². The molecule has 3 saturated heterocycles. The quantitative estimate of drug-likeness (QED) is 0.369. The zero-order chi connectivity index (χ0) is 30.7. The molecule has 1 unspecified atom stereocenters. The molecule has 0 amide bonds. The normalized spacial score (nSPS) is 26.6. The average Bonchev–Trinajstić information content (AvgIpc) is 3.71. The van der Waals surface area contributed by atoms with Crippen molar-refractivity contribution in [2.75, 3.05) is 44.2 Å². The summed E-state index contributed by atoms with van der Waals surface area (Å²) < 4.78 is 37.5. The van der Waals surface area contributed by atoms with Crippen molar-refractivity contribution in [3.05, 3.63) is 46.6 Å². The second kappa shape index (κ2) is 11.4. The van der Waals surface area contributed by atoms with Crippen molar-refractivity contribution in [1.82, 2.24) is 35.8 Å². The van der Waals surface area contributed by atoms with Gasteiger partial charge in [0.05, 0.1) is 10.9 Å². The first-order valence-electron chi connectivity index (χ1n) is 16.0. The highest BCUT2D eigenvalue weighted by molar-refractivity contribution is 6.32. The van der Waals surface area contributed by atoms with Crippen LogP contribution in [0.2, 0.25) is 5.02 Å². The van der Waals surface area contributed by atoms with Gasteiger partial charge in [0.15, 0.2) is 5.82 Å². The lowest BCUT2D eigenvalue weighted by Crippen LogP contribution is -2.43. The van der Waals surface area contributed by atoms with Gasteiger partial charge in [-0.2, -0.15) is 9.97 Å². The van der Waals surface area contributed by atoms with Crippen molar-refractivity contribution in [3.8, 4) is 23.0 Å². The van der Waals surface area contributed by atoms with Crippen LogP contribution >= 0.6 is 11.6 Å². The molecule has 13 heteroatoms. The number of phenols is 1. The van der Waals surface area contributed by atoms with E-state index in [1.54, 1.807) is 6.20 Å². The monoisotopic (exact) mass is 638 g/mol. The van der Waals surface area contributed by atoms with E-state index < -0.39 is 12.0 Å². The standard InChI is InChI=1S/C32H37ClF2N8O2/c33-26-12-22(44)11-24-23(26)5-2-9-43-17-21(39-40-43)10-19-4-1-7-41(15-19)30-25-14-36-28(24)27(35)29(25)37-31(38-30)45-18-32-6-3-8-42(32)16-20(34)13-32/h11-12,14,17,19-20,39-40,44H,1-10,13,15-16,18H2/t19?,20-,32+/m1/s1. The van der Waals surface area contributed by atoms with E-state index in [0.29, 0.717) is 59.2 Å². The fourth-order valence-electron chi connectivity index (χ4n) is 8.03. The van der Waals surface area contributed by atoms with E-state index in [0.717, 1.165) is 63.9 Å². The molecular weight excluding hydrogens is 602 g/mol. The summed E-state index contributed by atoms with van der Waals surface area (Å²) in [4.78, 5) is 18.5. The Labute approximate surface area is 265 Å². The number of phenolic OH excluding ortho intramolecular Hbond substituents is 1. The fraction of sp³-hybridized carbons (Fsp3) is 0.531. The van der Waals surface area contributed by atoms with E-state index in [1.807, 2.05) is 5.01 Å². The number of hydrazine groups is 2. The molecule has 3 fully saturated rings. The number of aromatic nitrogens is 3. The Hall–Kier alpha value is -3.48. The van der Waals surface area contributed by atoms with E-state index >= 15 is 4.39 Å². The van der Waals surface area contributed by atoms with Crippen molar-refractivity contribution >= 4 is 28.3 Å². The van der Waals surface area contributed by atoms with Gasteiger partial charge in [0.1, 0.15) is 35.6 Å². The fourth-order valence-corrected chi connectivity index (χ4v) is 8.34. The Kier molecular flexibility index (Phi) is 7.33. The van der Waals surface area contributed by atoms with Crippen LogP contribution in [-0.2, 0) is 6.42 Å². The van der Waals surface area contributed by atoms with Crippen molar-refractivity contribution in [2.45, 2.75) is 63.1 Å². The first-order chi connectivity index (χ1) is 21.8. The maximum atomic E-state index is 16.8. The molecular formula is C32H37ClF2N8O2. The number of hydrogen-bond donors (Lipinski definition) is 3. The van der Waals surface area contributed by atoms with Crippen molar-refractivity contribution in [2.24, 2.45) is 5.92 Å². The average molecular weight is 639 g/mol. The van der Waals surface area contributed by atoms with E-state index in [9.17, 15) is 9.50 Å². The van der Waals surface area contributed by atoms with Crippen molar-refractivity contribution < 1.29 is 18.6 Å². The number of alkyl halides is 1. The Morgan fingerprint density at radius 3 is 2.96 bits per heavy atom. The van der Waals surface area contributed by atoms with Crippen LogP contribution in [0.3, 0.4) is 0 Å². The predicted molar refractivity (Wildman–Crippen MR) is 167 cm³/mol. The Morgan fingerprint density at radius 1 is 1.13 bits per heavy atom. The lowest BCUT2D eigenvalue weighted by Gasteiger charge is -2.34. The molecule has 6 aliphatic heterocycles. The third-order valence-electron chi connectivity index (χ3n) is 10.1. The van der Waals surface area contributed by atoms with Gasteiger partial charge in [-0.25, -0.2) is 8.78 Å². The molecule has 8 heterocycles. The number of nitrogens with one attached hydrogen (secondary N) is 2. The molecule has 0 saturated carbocycles. The van der Waals surface area contributed by atoms with Gasteiger partial charge in [0.25, 0.3) is 0 Å². The summed E-state index contributed by atoms with van der Waals surface area (Å²) in [5.41, 5.74) is 8.57. The predicted octanol–water partition coefficient (Wildman–Crippen LogP) is 4.86. The largest absolute Gasteiger partial charge is 0.508 e. The summed E-state index contributed by atoms with van der Waals surface area (Å²) in [6.45, 7) is 3.71. The van der Waals surface area contributed by atoms with Crippen molar-refractivity contribution in [1.29, 1.82) is 0 Å². The summed E-state index contributed by atoms with van der Waals surface area (Å²) >= 11 is 6.65. The summed E-state index contributed by atoms with van der Waals surface area (Å²) in [6, 6.07) is 3.06. The van der Waals surface area contributed by atoms with Gasteiger partial charge in [0.2, 0.25) is 0 Å². The number of piperidine rings is 1. The van der Waals surface area contributed by atoms with Gasteiger partial charge in [-0.15, -0.1) is 5.53 Å². The molecule has 3 aromatic rings. The highest BCUT2D eigenvalue weighted by atomic mass is 35.5. The van der Waals surface area contributed by atoms with E-state index in [2.05, 4.69) is 36.9 Å². The summed E-state index contributed by atoms with van der Waals surface area (Å²) in [7, 11) is 0. The second-order valence-corrected chi connectivity index (χ2v) is 13.6. The smallest absolute Gasteiger partial charge is 0.319 e. The minimum Gasteiger partial charge on any atom is -0.508 e. The molecule has 9 rings (SSSR count). The van der Waals surface area contributed by atoms with Gasteiger partial charge in [-0.3, -0.25) is 14.9 Å². The van der Waals surface area contributed by atoms with Crippen LogP contribution in [0.15, 0.2) is 30.2 Å². The minimum absolute atomic E-state index is 0.0616. The van der Waals surface area contributed by atoms with Gasteiger partial charge in [0, 0.05) is 61.3 Å². The Morgan fingerprint density at radius 2 is 2.04 bits per heavy atom. The Balaban J connectivity index is 1.25. The summed E-state index contributed by atoms with van der Waals surface area (Å²) in [5, 5.41) is 13.4. The third-order valence-corrected chi connectivity index (χ3v) is 10.5. The molecule has 2 aromatic heterocycles. The number of rotatable bonds is 3. The third kappa shape index (κ3) is 5.30. The molecule has 0 spiro atoms. The second-order valence-electron chi connectivity index (χ2n) is 13.2. The van der Waals surface area contributed by atoms with Crippen LogP contribution in [0.5, 0.6) is 11.8 Å². The molecule has 10 nitrogen and oxygen atoms in total. The maximum absolute atomic E-state index is 16.8. The minimum atomic E-state index is -0.885. The highest BCUT2D eigenvalue weighted by Gasteiger charge is 2.49. The van der Waals surface area contributed by atoms with Crippen LogP contribution < -0.4 is 20.6 Å². The van der Waals surface area contributed by atoms with Gasteiger partial charge in [-0.05, 0) is 75.1 Å². The van der Waals surface area contributed by atoms with Gasteiger partial charge in [-0.1, -0.05) is 11.6 Å².